The lowest BCUT2D eigenvalue weighted by Crippen LogP contribution is -2.28. The molecule has 0 saturated heterocycles. The summed E-state index contributed by atoms with van der Waals surface area (Å²) in [6.07, 6.45) is 12.5. The number of hydrogen-bond donors (Lipinski definition) is 1. The Morgan fingerprint density at radius 2 is 1.78 bits per heavy atom. The standard InChI is InChI=1S/C24H32N2O2.2C2H6/c1-7-9-10-11-20(8-2)16-26-17-23(28-6)19(4)14-24(26)25-22-15-21(27-5)13-12-18(22)3;2*1-2/h9-15,17,25H,4,7-8,16H2,1-3,5-6H3;2*1-2H3/b10-9-,20-11+;;. The lowest BCUT2D eigenvalue weighted by atomic mass is 10.1. The Hall–Kier alpha value is -2.88. The molecule has 0 radical (unpaired) electrons. The molecule has 4 nitrogen and oxygen atoms in total. The third-order valence-electron chi connectivity index (χ3n) is 4.67. The molecule has 178 valence electrons. The van der Waals surface area contributed by atoms with Gasteiger partial charge in [-0.3, -0.25) is 0 Å². The first kappa shape index (κ1) is 29.1. The van der Waals surface area contributed by atoms with Crippen LogP contribution >= 0.6 is 0 Å². The summed E-state index contributed by atoms with van der Waals surface area (Å²) in [5, 5.41) is 3.55. The lowest BCUT2D eigenvalue weighted by molar-refractivity contribution is 0.287. The summed E-state index contributed by atoms with van der Waals surface area (Å²) in [5.41, 5.74) is 4.32. The first-order chi connectivity index (χ1) is 15.5. The van der Waals surface area contributed by atoms with Crippen LogP contribution in [-0.4, -0.2) is 25.7 Å². The molecule has 0 fully saturated rings. The summed E-state index contributed by atoms with van der Waals surface area (Å²) in [5.74, 6) is 2.55. The molecular weight excluding hydrogens is 396 g/mol. The molecule has 1 aromatic carbocycles. The van der Waals surface area contributed by atoms with E-state index in [0.717, 1.165) is 53.5 Å². The maximum atomic E-state index is 5.50. The van der Waals surface area contributed by atoms with E-state index in [1.807, 2.05) is 58.2 Å². The topological polar surface area (TPSA) is 33.7 Å². The highest BCUT2D eigenvalue weighted by molar-refractivity contribution is 5.59. The van der Waals surface area contributed by atoms with Crippen molar-refractivity contribution in [3.05, 3.63) is 83.6 Å². The molecule has 1 aliphatic rings. The minimum absolute atomic E-state index is 0.770. The zero-order chi connectivity index (χ0) is 24.5. The van der Waals surface area contributed by atoms with E-state index in [-0.39, 0.29) is 0 Å². The van der Waals surface area contributed by atoms with Gasteiger partial charge in [-0.15, -0.1) is 0 Å². The van der Waals surface area contributed by atoms with Gasteiger partial charge in [-0.25, -0.2) is 0 Å². The predicted molar refractivity (Wildman–Crippen MR) is 141 cm³/mol. The second-order valence-electron chi connectivity index (χ2n) is 6.70. The molecule has 4 heteroatoms. The molecule has 0 unspecified atom stereocenters. The van der Waals surface area contributed by atoms with E-state index in [9.17, 15) is 0 Å². The van der Waals surface area contributed by atoms with Gasteiger partial charge >= 0.3 is 0 Å². The fraction of sp³-hybridized carbons (Fsp3) is 0.429. The number of methoxy groups -OCH3 is 2. The normalized spacial score (nSPS) is 13.3. The Morgan fingerprint density at radius 3 is 2.34 bits per heavy atom. The minimum Gasteiger partial charge on any atom is -0.497 e. The Morgan fingerprint density at radius 1 is 1.09 bits per heavy atom. The Balaban J connectivity index is 0.00000227. The van der Waals surface area contributed by atoms with E-state index in [2.05, 4.69) is 55.8 Å². The van der Waals surface area contributed by atoms with Gasteiger partial charge in [0.05, 0.1) is 14.2 Å². The molecule has 0 aromatic heterocycles. The van der Waals surface area contributed by atoms with Gasteiger partial charge in [0.1, 0.15) is 17.3 Å². The van der Waals surface area contributed by atoms with Gasteiger partial charge in [-0.05, 0) is 37.5 Å². The van der Waals surface area contributed by atoms with Crippen LogP contribution in [0.15, 0.2) is 78.0 Å². The molecule has 1 N–H and O–H groups in total. The average molecular weight is 441 g/mol. The highest BCUT2D eigenvalue weighted by Gasteiger charge is 2.18. The van der Waals surface area contributed by atoms with Gasteiger partial charge in [-0.1, -0.05) is 78.0 Å². The number of aryl methyl sites for hydroxylation is 1. The molecule has 0 atom stereocenters. The lowest BCUT2D eigenvalue weighted by Gasteiger charge is -2.30. The zero-order valence-corrected chi connectivity index (χ0v) is 21.7. The summed E-state index contributed by atoms with van der Waals surface area (Å²) in [7, 11) is 3.35. The number of benzene rings is 1. The molecule has 1 aromatic rings. The number of nitrogens with zero attached hydrogens (tertiary/aromatic N) is 1. The SMILES string of the molecule is C=C1C=C(Nc2cc(OC)ccc2C)N(C/C(=C/C=C\CC)CC)C=C1OC.CC.CC. The molecule has 1 heterocycles. The van der Waals surface area contributed by atoms with Crippen LogP contribution in [0.5, 0.6) is 5.75 Å². The Kier molecular flexibility index (Phi) is 15.3. The van der Waals surface area contributed by atoms with Gasteiger partial charge in [0.2, 0.25) is 0 Å². The van der Waals surface area contributed by atoms with Gasteiger partial charge < -0.3 is 19.7 Å². The van der Waals surface area contributed by atoms with Crippen molar-refractivity contribution >= 4 is 5.69 Å². The molecule has 0 aliphatic carbocycles. The van der Waals surface area contributed by atoms with Crippen molar-refractivity contribution < 1.29 is 9.47 Å². The second kappa shape index (κ2) is 16.8. The van der Waals surface area contributed by atoms with E-state index < -0.39 is 0 Å². The van der Waals surface area contributed by atoms with Crippen LogP contribution in [0.25, 0.3) is 0 Å². The fourth-order valence-electron chi connectivity index (χ4n) is 2.88. The molecule has 1 aliphatic heterocycles. The maximum absolute atomic E-state index is 5.50. The first-order valence-electron chi connectivity index (χ1n) is 11.7. The molecular formula is C28H44N2O2. The van der Waals surface area contributed by atoms with Gasteiger partial charge in [0, 0.05) is 30.1 Å². The van der Waals surface area contributed by atoms with Crippen LogP contribution in [0.3, 0.4) is 0 Å². The number of rotatable bonds is 9. The van der Waals surface area contributed by atoms with E-state index in [1.54, 1.807) is 14.2 Å². The number of hydrogen-bond acceptors (Lipinski definition) is 4. The highest BCUT2D eigenvalue weighted by atomic mass is 16.5. The number of nitrogens with one attached hydrogen (secondary N) is 1. The number of anilines is 1. The third kappa shape index (κ3) is 9.09. The monoisotopic (exact) mass is 440 g/mol. The van der Waals surface area contributed by atoms with E-state index >= 15 is 0 Å². The van der Waals surface area contributed by atoms with E-state index in [4.69, 9.17) is 9.47 Å². The van der Waals surface area contributed by atoms with Crippen LogP contribution in [-0.2, 0) is 4.74 Å². The highest BCUT2D eigenvalue weighted by Crippen LogP contribution is 2.28. The zero-order valence-electron chi connectivity index (χ0n) is 21.7. The summed E-state index contributed by atoms with van der Waals surface area (Å²) >= 11 is 0. The molecule has 0 amide bonds. The van der Waals surface area contributed by atoms with E-state index in [1.165, 1.54) is 5.57 Å². The van der Waals surface area contributed by atoms with Crippen molar-refractivity contribution in [1.29, 1.82) is 0 Å². The van der Waals surface area contributed by atoms with Crippen LogP contribution in [0.1, 0.15) is 59.9 Å². The molecule has 0 saturated carbocycles. The van der Waals surface area contributed by atoms with Crippen molar-refractivity contribution in [1.82, 2.24) is 4.90 Å². The van der Waals surface area contributed by atoms with Crippen LogP contribution in [0.2, 0.25) is 0 Å². The van der Waals surface area contributed by atoms with Gasteiger partial charge in [0.15, 0.2) is 0 Å². The van der Waals surface area contributed by atoms with E-state index in [0.29, 0.717) is 0 Å². The Labute approximate surface area is 197 Å². The number of ether oxygens (including phenoxy) is 2. The first-order valence-corrected chi connectivity index (χ1v) is 11.7. The second-order valence-corrected chi connectivity index (χ2v) is 6.70. The van der Waals surface area contributed by atoms with Crippen molar-refractivity contribution in [3.8, 4) is 5.75 Å². The number of allylic oxidation sites excluding steroid dienone is 4. The van der Waals surface area contributed by atoms with Crippen molar-refractivity contribution in [2.45, 2.75) is 61.3 Å². The van der Waals surface area contributed by atoms with Crippen molar-refractivity contribution in [3.63, 3.8) is 0 Å². The summed E-state index contributed by atoms with van der Waals surface area (Å²) in [6, 6.07) is 6.02. The van der Waals surface area contributed by atoms with Crippen molar-refractivity contribution in [2.75, 3.05) is 26.1 Å². The third-order valence-corrected chi connectivity index (χ3v) is 4.67. The predicted octanol–water partition coefficient (Wildman–Crippen LogP) is 7.97. The molecule has 0 spiro atoms. The average Bonchev–Trinajstić information content (AvgIpc) is 2.83. The van der Waals surface area contributed by atoms with Crippen LogP contribution in [0.4, 0.5) is 5.69 Å². The smallest absolute Gasteiger partial charge is 0.141 e. The molecule has 32 heavy (non-hydrogen) atoms. The molecule has 2 rings (SSSR count). The maximum Gasteiger partial charge on any atom is 0.141 e. The largest absolute Gasteiger partial charge is 0.497 e. The van der Waals surface area contributed by atoms with Crippen LogP contribution in [0, 0.1) is 6.92 Å². The van der Waals surface area contributed by atoms with Gasteiger partial charge in [-0.2, -0.15) is 0 Å². The quantitative estimate of drug-likeness (QED) is 0.395. The Bertz CT molecular complexity index is 817. The summed E-state index contributed by atoms with van der Waals surface area (Å²) in [4.78, 5) is 2.17. The van der Waals surface area contributed by atoms with Gasteiger partial charge in [0.25, 0.3) is 0 Å². The van der Waals surface area contributed by atoms with Crippen LogP contribution < -0.4 is 10.1 Å². The van der Waals surface area contributed by atoms with Crippen molar-refractivity contribution in [2.24, 2.45) is 0 Å². The minimum atomic E-state index is 0.770. The fourth-order valence-corrected chi connectivity index (χ4v) is 2.88. The summed E-state index contributed by atoms with van der Waals surface area (Å²) in [6.45, 7) is 19.3. The summed E-state index contributed by atoms with van der Waals surface area (Å²) < 4.78 is 10.9. The molecule has 0 bridgehead atoms.